The number of carbonyl (C=O) groups excluding carboxylic acids is 1. The quantitative estimate of drug-likeness (QED) is 0.0557. The Balaban J connectivity index is 3.18. The number of esters is 1. The minimum atomic E-state index is -2.86. The van der Waals surface area contributed by atoms with E-state index in [1.165, 1.54) is 83.1 Å². The predicted octanol–water partition coefficient (Wildman–Crippen LogP) is 6.37. The highest BCUT2D eigenvalue weighted by Crippen LogP contribution is 2.12. The maximum atomic E-state index is 10.9. The Morgan fingerprint density at radius 3 is 1.32 bits per heavy atom. The molecule has 7 nitrogen and oxygen atoms in total. The van der Waals surface area contributed by atoms with Crippen LogP contribution in [0.2, 0.25) is 0 Å². The van der Waals surface area contributed by atoms with Crippen molar-refractivity contribution in [3.05, 3.63) is 12.7 Å². The molecule has 0 heterocycles. The highest BCUT2D eigenvalue weighted by molar-refractivity contribution is 6.53. The van der Waals surface area contributed by atoms with Crippen molar-refractivity contribution in [3.8, 4) is 0 Å². The summed E-state index contributed by atoms with van der Waals surface area (Å²) in [6, 6.07) is 0. The van der Waals surface area contributed by atoms with Crippen molar-refractivity contribution in [2.45, 2.75) is 103 Å². The van der Waals surface area contributed by atoms with E-state index in [0.717, 1.165) is 38.9 Å². The normalized spacial score (nSPS) is 11.6. The van der Waals surface area contributed by atoms with Gasteiger partial charge in [0.05, 0.1) is 6.61 Å². The number of rotatable bonds is 27. The fourth-order valence-corrected chi connectivity index (χ4v) is 4.94. The molecule has 0 saturated heterocycles. The lowest BCUT2D eigenvalue weighted by molar-refractivity contribution is -0.137. The molecule has 0 N–H and O–H groups in total. The summed E-state index contributed by atoms with van der Waals surface area (Å²) in [5.41, 5.74) is 0. The van der Waals surface area contributed by atoms with Crippen LogP contribution in [0.15, 0.2) is 12.7 Å². The Labute approximate surface area is 210 Å². The first kappa shape index (κ1) is 33.2. The fourth-order valence-electron chi connectivity index (χ4n) is 3.69. The average Bonchev–Trinajstić information content (AvgIpc) is 2.87. The maximum absolute atomic E-state index is 10.9. The second kappa shape index (κ2) is 25.3. The van der Waals surface area contributed by atoms with E-state index in [9.17, 15) is 4.79 Å². The van der Waals surface area contributed by atoms with Crippen molar-refractivity contribution in [1.82, 2.24) is 0 Å². The predicted molar refractivity (Wildman–Crippen MR) is 139 cm³/mol. The van der Waals surface area contributed by atoms with Crippen LogP contribution in [0.4, 0.5) is 0 Å². The molecule has 0 amide bonds. The topological polar surface area (TPSA) is 72.5 Å². The van der Waals surface area contributed by atoms with E-state index in [1.807, 2.05) is 0 Å². The van der Waals surface area contributed by atoms with Gasteiger partial charge in [0.15, 0.2) is 0 Å². The van der Waals surface area contributed by atoms with Gasteiger partial charge >= 0.3 is 15.0 Å². The minimum absolute atomic E-state index is 0.321. The van der Waals surface area contributed by atoms with Crippen LogP contribution >= 0.6 is 0 Å². The van der Waals surface area contributed by atoms with Crippen molar-refractivity contribution in [1.29, 1.82) is 0 Å². The van der Waals surface area contributed by atoms with Gasteiger partial charge in [-0.25, -0.2) is 4.79 Å². The molecule has 0 spiro atoms. The van der Waals surface area contributed by atoms with Gasteiger partial charge in [-0.15, -0.1) is 0 Å². The standard InChI is InChI=1S/C26H52O7Si/c1-5-26(27)32-24-20-16-12-8-6-10-14-18-22-31-23-19-15-11-7-9-13-17-21-25-33-34(28-2,29-3)30-4/h5H,1,6-25H2,2-4H3. The Morgan fingerprint density at radius 2 is 0.941 bits per heavy atom. The molecule has 0 aromatic rings. The number of ether oxygens (including phenoxy) is 2. The first-order chi connectivity index (χ1) is 16.6. The molecule has 202 valence electrons. The van der Waals surface area contributed by atoms with Gasteiger partial charge in [0, 0.05) is 47.2 Å². The zero-order valence-electron chi connectivity index (χ0n) is 22.3. The molecule has 34 heavy (non-hydrogen) atoms. The summed E-state index contributed by atoms with van der Waals surface area (Å²) < 4.78 is 32.1. The Morgan fingerprint density at radius 1 is 0.588 bits per heavy atom. The van der Waals surface area contributed by atoms with Crippen LogP contribution in [0, 0.1) is 0 Å². The molecule has 0 saturated carbocycles. The first-order valence-corrected chi connectivity index (χ1v) is 14.9. The molecule has 0 fully saturated rings. The Hall–Kier alpha value is -0.773. The van der Waals surface area contributed by atoms with E-state index >= 15 is 0 Å². The molecule has 0 radical (unpaired) electrons. The molecule has 0 atom stereocenters. The van der Waals surface area contributed by atoms with Crippen LogP contribution in [0.1, 0.15) is 103 Å². The van der Waals surface area contributed by atoms with Gasteiger partial charge in [0.1, 0.15) is 0 Å². The fraction of sp³-hybridized carbons (Fsp3) is 0.885. The van der Waals surface area contributed by atoms with Crippen LogP contribution in [0.3, 0.4) is 0 Å². The van der Waals surface area contributed by atoms with Crippen molar-refractivity contribution in [2.75, 3.05) is 47.8 Å². The molecular weight excluding hydrogens is 452 g/mol. The van der Waals surface area contributed by atoms with E-state index in [-0.39, 0.29) is 5.97 Å². The third kappa shape index (κ3) is 20.6. The number of unbranched alkanes of at least 4 members (excludes halogenated alkanes) is 14. The summed E-state index contributed by atoms with van der Waals surface area (Å²) in [6.07, 6.45) is 20.5. The second-order valence-corrected chi connectivity index (χ2v) is 11.1. The molecule has 0 aromatic heterocycles. The van der Waals surface area contributed by atoms with E-state index in [0.29, 0.717) is 13.2 Å². The van der Waals surface area contributed by atoms with Gasteiger partial charge in [-0.3, -0.25) is 0 Å². The summed E-state index contributed by atoms with van der Waals surface area (Å²) in [7, 11) is 1.82. The van der Waals surface area contributed by atoms with Gasteiger partial charge in [-0.1, -0.05) is 83.6 Å². The lowest BCUT2D eigenvalue weighted by Crippen LogP contribution is -2.46. The number of carbonyl (C=O) groups is 1. The zero-order valence-corrected chi connectivity index (χ0v) is 23.3. The summed E-state index contributed by atoms with van der Waals surface area (Å²) in [5, 5.41) is 0. The van der Waals surface area contributed by atoms with E-state index in [1.54, 1.807) is 21.3 Å². The van der Waals surface area contributed by atoms with Crippen LogP contribution in [-0.4, -0.2) is 62.8 Å². The second-order valence-electron chi connectivity index (χ2n) is 8.60. The summed E-state index contributed by atoms with van der Waals surface area (Å²) in [5.74, 6) is -0.321. The van der Waals surface area contributed by atoms with Crippen LogP contribution < -0.4 is 0 Å². The number of hydrogen-bond acceptors (Lipinski definition) is 7. The third-order valence-electron chi connectivity index (χ3n) is 5.81. The molecule has 0 aliphatic carbocycles. The van der Waals surface area contributed by atoms with Crippen molar-refractivity contribution >= 4 is 15.0 Å². The summed E-state index contributed by atoms with van der Waals surface area (Å²) in [4.78, 5) is 10.9. The van der Waals surface area contributed by atoms with Crippen molar-refractivity contribution in [3.63, 3.8) is 0 Å². The largest absolute Gasteiger partial charge is 0.678 e. The van der Waals surface area contributed by atoms with E-state index in [4.69, 9.17) is 27.2 Å². The Kier molecular flexibility index (Phi) is 24.7. The third-order valence-corrected chi connectivity index (χ3v) is 7.86. The molecule has 0 aliphatic heterocycles. The highest BCUT2D eigenvalue weighted by Gasteiger charge is 2.41. The smallest absolute Gasteiger partial charge is 0.463 e. The maximum Gasteiger partial charge on any atom is 0.678 e. The van der Waals surface area contributed by atoms with Crippen molar-refractivity contribution < 1.29 is 32.0 Å². The lowest BCUT2D eigenvalue weighted by atomic mass is 10.1. The van der Waals surface area contributed by atoms with Crippen LogP contribution in [-0.2, 0) is 32.0 Å². The zero-order chi connectivity index (χ0) is 25.2. The molecule has 0 aliphatic rings. The highest BCUT2D eigenvalue weighted by atomic mass is 28.4. The minimum Gasteiger partial charge on any atom is -0.463 e. The van der Waals surface area contributed by atoms with Gasteiger partial charge in [-0.2, -0.15) is 0 Å². The van der Waals surface area contributed by atoms with Gasteiger partial charge < -0.3 is 27.2 Å². The molecule has 8 heteroatoms. The van der Waals surface area contributed by atoms with E-state index < -0.39 is 9.05 Å². The van der Waals surface area contributed by atoms with Crippen LogP contribution in [0.5, 0.6) is 0 Å². The Bertz CT molecular complexity index is 450. The van der Waals surface area contributed by atoms with Gasteiger partial charge in [0.25, 0.3) is 0 Å². The lowest BCUT2D eigenvalue weighted by Gasteiger charge is -2.22. The SMILES string of the molecule is C=CC(=O)OCCCCCCCCCCOCCCCCCCCCCO[Si](OC)(OC)OC. The monoisotopic (exact) mass is 504 g/mol. The first-order valence-electron chi connectivity index (χ1n) is 13.3. The van der Waals surface area contributed by atoms with Crippen LogP contribution in [0.25, 0.3) is 0 Å². The molecule has 0 bridgehead atoms. The average molecular weight is 505 g/mol. The molecule has 0 unspecified atom stereocenters. The van der Waals surface area contributed by atoms with Crippen molar-refractivity contribution in [2.24, 2.45) is 0 Å². The van der Waals surface area contributed by atoms with E-state index in [2.05, 4.69) is 6.58 Å². The molecular formula is C26H52O7Si. The summed E-state index contributed by atoms with van der Waals surface area (Å²) in [6.45, 7) is 6.32. The van der Waals surface area contributed by atoms with Gasteiger partial charge in [-0.05, 0) is 25.7 Å². The number of hydrogen-bond donors (Lipinski definition) is 0. The molecule has 0 aromatic carbocycles. The molecule has 0 rings (SSSR count). The van der Waals surface area contributed by atoms with Gasteiger partial charge in [0.2, 0.25) is 0 Å². The summed E-state index contributed by atoms with van der Waals surface area (Å²) >= 11 is 0.